The lowest BCUT2D eigenvalue weighted by atomic mass is 9.89. The standard InChI is InChI=1S/C29H29F7O3/c1-3-10-37-15-17-4-7-26(38-16-17)18-5-6-21(22(30)11-18)29(35,36)39-28(2)9-8-20(25(33)14-28)19-12-23(31)27(34)24(32)13-19/h5-6,8,11-14,17,26H,3-4,7,9-10,15-16H2,1-2H3. The van der Waals surface area contributed by atoms with Gasteiger partial charge in [0, 0.05) is 18.1 Å². The van der Waals surface area contributed by atoms with Crippen LogP contribution in [0, 0.1) is 29.2 Å². The summed E-state index contributed by atoms with van der Waals surface area (Å²) >= 11 is 0. The van der Waals surface area contributed by atoms with Crippen molar-refractivity contribution in [3.63, 3.8) is 0 Å². The first-order valence-electron chi connectivity index (χ1n) is 12.7. The molecule has 1 fully saturated rings. The molecule has 212 valence electrons. The van der Waals surface area contributed by atoms with Gasteiger partial charge in [-0.15, -0.1) is 0 Å². The topological polar surface area (TPSA) is 27.7 Å². The first-order valence-corrected chi connectivity index (χ1v) is 12.7. The fourth-order valence-electron chi connectivity index (χ4n) is 4.75. The highest BCUT2D eigenvalue weighted by molar-refractivity contribution is 5.78. The summed E-state index contributed by atoms with van der Waals surface area (Å²) < 4.78 is 117. The minimum atomic E-state index is -4.14. The highest BCUT2D eigenvalue weighted by Gasteiger charge is 2.44. The molecule has 0 aromatic heterocycles. The molecule has 0 radical (unpaired) electrons. The van der Waals surface area contributed by atoms with Crippen LogP contribution in [0.2, 0.25) is 0 Å². The lowest BCUT2D eigenvalue weighted by molar-refractivity contribution is -0.291. The molecule has 2 aromatic rings. The van der Waals surface area contributed by atoms with E-state index in [-0.39, 0.29) is 23.5 Å². The monoisotopic (exact) mass is 558 g/mol. The molecule has 1 saturated heterocycles. The molecule has 4 rings (SSSR count). The zero-order chi connectivity index (χ0) is 28.4. The van der Waals surface area contributed by atoms with Gasteiger partial charge in [0.25, 0.3) is 0 Å². The van der Waals surface area contributed by atoms with Gasteiger partial charge in [-0.05, 0) is 74.1 Å². The second-order valence-electron chi connectivity index (χ2n) is 10.1. The highest BCUT2D eigenvalue weighted by Crippen LogP contribution is 2.43. The SMILES string of the molecule is CCCOCC1CCC(c2ccc(C(F)(F)OC3(C)C=C(F)C(c4cc(F)c(F)c(F)c4)=CC3)c(F)c2)OC1. The Labute approximate surface area is 222 Å². The summed E-state index contributed by atoms with van der Waals surface area (Å²) in [7, 11) is 0. The molecular formula is C29H29F7O3. The maximum atomic E-state index is 15.1. The summed E-state index contributed by atoms with van der Waals surface area (Å²) in [6.45, 7) is 4.83. The predicted molar refractivity (Wildman–Crippen MR) is 130 cm³/mol. The number of ether oxygens (including phenoxy) is 3. The van der Waals surface area contributed by atoms with Crippen LogP contribution >= 0.6 is 0 Å². The molecule has 1 aliphatic carbocycles. The molecule has 1 heterocycles. The van der Waals surface area contributed by atoms with Crippen molar-refractivity contribution >= 4 is 5.57 Å². The molecule has 10 heteroatoms. The molecule has 3 atom stereocenters. The summed E-state index contributed by atoms with van der Waals surface area (Å²) in [6, 6.07) is 4.46. The van der Waals surface area contributed by atoms with Crippen LogP contribution in [0.3, 0.4) is 0 Å². The van der Waals surface area contributed by atoms with E-state index in [1.165, 1.54) is 13.0 Å². The third-order valence-electron chi connectivity index (χ3n) is 6.81. The zero-order valence-electron chi connectivity index (χ0n) is 21.5. The minimum Gasteiger partial charge on any atom is -0.381 e. The van der Waals surface area contributed by atoms with Gasteiger partial charge < -0.3 is 14.2 Å². The Bertz CT molecular complexity index is 1230. The van der Waals surface area contributed by atoms with Crippen LogP contribution in [-0.4, -0.2) is 25.4 Å². The van der Waals surface area contributed by atoms with E-state index >= 15 is 8.78 Å². The number of hydrogen-bond acceptors (Lipinski definition) is 3. The van der Waals surface area contributed by atoms with Gasteiger partial charge >= 0.3 is 6.11 Å². The highest BCUT2D eigenvalue weighted by atomic mass is 19.3. The van der Waals surface area contributed by atoms with Crippen molar-refractivity contribution < 1.29 is 44.9 Å². The summed E-state index contributed by atoms with van der Waals surface area (Å²) in [4.78, 5) is 0. The van der Waals surface area contributed by atoms with E-state index < -0.39 is 52.5 Å². The number of rotatable bonds is 9. The molecule has 0 amide bonds. The van der Waals surface area contributed by atoms with Crippen molar-refractivity contribution in [2.45, 2.75) is 57.3 Å². The lowest BCUT2D eigenvalue weighted by Gasteiger charge is -2.33. The van der Waals surface area contributed by atoms with Crippen molar-refractivity contribution in [1.29, 1.82) is 0 Å². The van der Waals surface area contributed by atoms with Crippen molar-refractivity contribution in [2.75, 3.05) is 19.8 Å². The van der Waals surface area contributed by atoms with E-state index in [0.717, 1.165) is 37.1 Å². The van der Waals surface area contributed by atoms with Gasteiger partial charge in [0.1, 0.15) is 11.6 Å². The Morgan fingerprint density at radius 1 is 1.00 bits per heavy atom. The van der Waals surface area contributed by atoms with Crippen LogP contribution in [0.5, 0.6) is 0 Å². The van der Waals surface area contributed by atoms with E-state index in [1.54, 1.807) is 0 Å². The Morgan fingerprint density at radius 2 is 1.72 bits per heavy atom. The fraction of sp³-hybridized carbons (Fsp3) is 0.448. The Morgan fingerprint density at radius 3 is 2.31 bits per heavy atom. The number of alkyl halides is 2. The predicted octanol–water partition coefficient (Wildman–Crippen LogP) is 8.30. The third kappa shape index (κ3) is 6.73. The van der Waals surface area contributed by atoms with Crippen LogP contribution in [0.1, 0.15) is 62.3 Å². The quantitative estimate of drug-likeness (QED) is 0.176. The number of allylic oxidation sites excluding steroid dienone is 2. The molecule has 39 heavy (non-hydrogen) atoms. The summed E-state index contributed by atoms with van der Waals surface area (Å²) in [6.07, 6.45) is -0.784. The van der Waals surface area contributed by atoms with Crippen LogP contribution in [0.25, 0.3) is 5.57 Å². The molecular weight excluding hydrogens is 529 g/mol. The van der Waals surface area contributed by atoms with Crippen LogP contribution < -0.4 is 0 Å². The molecule has 3 unspecified atom stereocenters. The number of hydrogen-bond donors (Lipinski definition) is 0. The Balaban J connectivity index is 1.44. The van der Waals surface area contributed by atoms with E-state index in [0.29, 0.717) is 43.9 Å². The van der Waals surface area contributed by atoms with Gasteiger partial charge in [0.2, 0.25) is 0 Å². The Kier molecular flexibility index (Phi) is 8.88. The zero-order valence-corrected chi connectivity index (χ0v) is 21.5. The molecule has 0 saturated carbocycles. The summed E-state index contributed by atoms with van der Waals surface area (Å²) in [5, 5.41) is 0. The first-order chi connectivity index (χ1) is 18.4. The van der Waals surface area contributed by atoms with Crippen molar-refractivity contribution in [1.82, 2.24) is 0 Å². The molecule has 2 aromatic carbocycles. The van der Waals surface area contributed by atoms with Gasteiger partial charge in [-0.25, -0.2) is 22.0 Å². The maximum Gasteiger partial charge on any atom is 0.386 e. The molecule has 0 bridgehead atoms. The van der Waals surface area contributed by atoms with Crippen molar-refractivity contribution in [3.05, 3.63) is 88.3 Å². The number of benzene rings is 2. The molecule has 2 aliphatic rings. The third-order valence-corrected chi connectivity index (χ3v) is 6.81. The smallest absolute Gasteiger partial charge is 0.381 e. The second-order valence-corrected chi connectivity index (χ2v) is 10.1. The molecule has 3 nitrogen and oxygen atoms in total. The number of halogens is 7. The van der Waals surface area contributed by atoms with Crippen LogP contribution in [0.4, 0.5) is 30.7 Å². The van der Waals surface area contributed by atoms with E-state index in [4.69, 9.17) is 14.2 Å². The first kappa shape index (κ1) is 29.3. The normalized spacial score (nSPS) is 23.9. The van der Waals surface area contributed by atoms with E-state index in [9.17, 15) is 22.0 Å². The van der Waals surface area contributed by atoms with Gasteiger partial charge in [-0.3, -0.25) is 0 Å². The molecule has 0 N–H and O–H groups in total. The second kappa shape index (κ2) is 11.8. The molecule has 0 spiro atoms. The van der Waals surface area contributed by atoms with Crippen LogP contribution in [-0.2, 0) is 20.3 Å². The fourth-order valence-corrected chi connectivity index (χ4v) is 4.75. The maximum absolute atomic E-state index is 15.1. The van der Waals surface area contributed by atoms with Crippen molar-refractivity contribution in [3.8, 4) is 0 Å². The summed E-state index contributed by atoms with van der Waals surface area (Å²) in [5.74, 6) is -6.84. The summed E-state index contributed by atoms with van der Waals surface area (Å²) in [5.41, 5.74) is -3.14. The van der Waals surface area contributed by atoms with Crippen molar-refractivity contribution in [2.24, 2.45) is 5.92 Å². The van der Waals surface area contributed by atoms with Gasteiger partial charge in [0.05, 0.1) is 30.5 Å². The average molecular weight is 559 g/mol. The van der Waals surface area contributed by atoms with Gasteiger partial charge in [-0.2, -0.15) is 8.78 Å². The van der Waals surface area contributed by atoms with Crippen LogP contribution in [0.15, 0.2) is 48.3 Å². The minimum absolute atomic E-state index is 0.218. The van der Waals surface area contributed by atoms with Gasteiger partial charge in [-0.1, -0.05) is 19.1 Å². The van der Waals surface area contributed by atoms with Gasteiger partial charge in [0.15, 0.2) is 17.5 Å². The average Bonchev–Trinajstić information content (AvgIpc) is 2.87. The largest absolute Gasteiger partial charge is 0.386 e. The molecule has 1 aliphatic heterocycles. The Hall–Kier alpha value is -2.69. The van der Waals surface area contributed by atoms with E-state index in [1.807, 2.05) is 6.92 Å². The van der Waals surface area contributed by atoms with E-state index in [2.05, 4.69) is 0 Å². The lowest BCUT2D eigenvalue weighted by Crippen LogP contribution is -2.36.